The first-order valence-electron chi connectivity index (χ1n) is 13.8. The Morgan fingerprint density at radius 2 is 1.17 bits per heavy atom. The topological polar surface area (TPSA) is 38.0 Å². The summed E-state index contributed by atoms with van der Waals surface area (Å²) in [7, 11) is 0. The van der Waals surface area contributed by atoms with Gasteiger partial charge in [0.15, 0.2) is 5.69 Å². The first kappa shape index (κ1) is 23.8. The molecule has 2 heterocycles. The number of para-hydroxylation sites is 4. The summed E-state index contributed by atoms with van der Waals surface area (Å²) in [6, 6.07) is 48.0. The fraction of sp³-hybridized carbons (Fsp3) is 0. The van der Waals surface area contributed by atoms with Crippen LogP contribution in [0.4, 0.5) is 5.69 Å². The highest BCUT2D eigenvalue weighted by Gasteiger charge is 2.20. The van der Waals surface area contributed by atoms with Crippen molar-refractivity contribution in [2.45, 2.75) is 0 Å². The van der Waals surface area contributed by atoms with Gasteiger partial charge >= 0.3 is 0 Å². The van der Waals surface area contributed by atoms with Crippen molar-refractivity contribution in [2.24, 2.45) is 0 Å². The van der Waals surface area contributed by atoms with E-state index in [0.29, 0.717) is 11.3 Å². The van der Waals surface area contributed by atoms with Gasteiger partial charge in [0.05, 0.1) is 46.0 Å². The lowest BCUT2D eigenvalue weighted by Gasteiger charge is -2.16. The Hall–Kier alpha value is -6.10. The lowest BCUT2D eigenvalue weighted by Crippen LogP contribution is -1.99. The molecule has 0 amide bonds. The van der Waals surface area contributed by atoms with Gasteiger partial charge in [0.2, 0.25) is 0 Å². The molecule has 4 heteroatoms. The zero-order valence-corrected chi connectivity index (χ0v) is 22.5. The Morgan fingerprint density at radius 1 is 0.548 bits per heavy atom. The van der Waals surface area contributed by atoms with Crippen LogP contribution in [0.25, 0.3) is 71.0 Å². The first-order chi connectivity index (χ1) is 20.8. The maximum Gasteiger partial charge on any atom is 0.188 e. The second kappa shape index (κ2) is 9.24. The predicted octanol–water partition coefficient (Wildman–Crippen LogP) is 9.97. The Balaban J connectivity index is 1.50. The van der Waals surface area contributed by atoms with Gasteiger partial charge in [0.25, 0.3) is 0 Å². The molecule has 0 fully saturated rings. The quantitative estimate of drug-likeness (QED) is 0.208. The van der Waals surface area contributed by atoms with Crippen LogP contribution < -0.4 is 0 Å². The molecule has 0 atom stereocenters. The summed E-state index contributed by atoms with van der Waals surface area (Å²) < 4.78 is 4.63. The van der Waals surface area contributed by atoms with Crippen LogP contribution in [0.3, 0.4) is 0 Å². The van der Waals surface area contributed by atoms with Gasteiger partial charge in [-0.2, -0.15) is 5.26 Å². The van der Waals surface area contributed by atoms with Crippen molar-refractivity contribution >= 4 is 49.3 Å². The van der Waals surface area contributed by atoms with Crippen LogP contribution in [-0.2, 0) is 0 Å². The molecule has 2 aromatic heterocycles. The molecule has 0 aliphatic carbocycles. The number of hydrogen-bond acceptors (Lipinski definition) is 1. The van der Waals surface area contributed by atoms with Crippen LogP contribution in [0.1, 0.15) is 5.56 Å². The van der Waals surface area contributed by atoms with Crippen LogP contribution in [-0.4, -0.2) is 9.13 Å². The van der Waals surface area contributed by atoms with E-state index >= 15 is 0 Å². The number of rotatable bonds is 3. The van der Waals surface area contributed by atoms with Gasteiger partial charge in [0, 0.05) is 33.0 Å². The summed E-state index contributed by atoms with van der Waals surface area (Å²) in [6.45, 7) is 7.64. The summed E-state index contributed by atoms with van der Waals surface area (Å²) in [6.07, 6.45) is 0. The normalized spacial score (nSPS) is 11.3. The van der Waals surface area contributed by atoms with E-state index in [-0.39, 0.29) is 0 Å². The van der Waals surface area contributed by atoms with Gasteiger partial charge in [-0.1, -0.05) is 78.9 Å². The minimum absolute atomic E-state index is 0.609. The number of nitrogens with zero attached hydrogens (tertiary/aromatic N) is 4. The Labute approximate surface area is 242 Å². The highest BCUT2D eigenvalue weighted by atomic mass is 15.0. The minimum Gasteiger partial charge on any atom is -0.309 e. The van der Waals surface area contributed by atoms with E-state index in [0.717, 1.165) is 55.3 Å². The third-order valence-corrected chi connectivity index (χ3v) is 8.17. The molecule has 0 spiro atoms. The van der Waals surface area contributed by atoms with Crippen molar-refractivity contribution in [3.05, 3.63) is 150 Å². The predicted molar refractivity (Wildman–Crippen MR) is 172 cm³/mol. The maximum atomic E-state index is 9.44. The summed E-state index contributed by atoms with van der Waals surface area (Å²) in [5.41, 5.74) is 9.89. The Kier molecular flexibility index (Phi) is 5.22. The van der Waals surface area contributed by atoms with E-state index in [9.17, 15) is 5.26 Å². The molecule has 6 aromatic carbocycles. The third-order valence-electron chi connectivity index (χ3n) is 8.17. The second-order valence-electron chi connectivity index (χ2n) is 10.4. The van der Waals surface area contributed by atoms with Crippen LogP contribution in [0.5, 0.6) is 0 Å². The number of fused-ring (bicyclic) bond motifs is 6. The van der Waals surface area contributed by atoms with Gasteiger partial charge in [-0.05, 0) is 60.0 Å². The molecule has 0 radical (unpaired) electrons. The van der Waals surface area contributed by atoms with E-state index in [1.54, 1.807) is 0 Å². The van der Waals surface area contributed by atoms with Gasteiger partial charge in [0.1, 0.15) is 0 Å². The monoisotopic (exact) mass is 534 g/mol. The molecule has 0 bridgehead atoms. The van der Waals surface area contributed by atoms with Crippen molar-refractivity contribution in [3.8, 4) is 28.6 Å². The largest absolute Gasteiger partial charge is 0.309 e. The average molecular weight is 535 g/mol. The van der Waals surface area contributed by atoms with Gasteiger partial charge in [-0.25, -0.2) is 4.85 Å². The summed E-state index contributed by atoms with van der Waals surface area (Å²) in [5, 5.41) is 14.0. The van der Waals surface area contributed by atoms with Crippen molar-refractivity contribution < 1.29 is 0 Å². The average Bonchev–Trinajstić information content (AvgIpc) is 3.57. The third kappa shape index (κ3) is 3.40. The number of nitriles is 1. The van der Waals surface area contributed by atoms with E-state index in [2.05, 4.69) is 111 Å². The smallest absolute Gasteiger partial charge is 0.188 e. The highest BCUT2D eigenvalue weighted by Crippen LogP contribution is 2.42. The van der Waals surface area contributed by atoms with E-state index < -0.39 is 0 Å². The molecule has 0 saturated heterocycles. The van der Waals surface area contributed by atoms with E-state index in [1.165, 1.54) is 10.8 Å². The van der Waals surface area contributed by atoms with Crippen LogP contribution in [0.2, 0.25) is 0 Å². The summed E-state index contributed by atoms with van der Waals surface area (Å²) in [5.74, 6) is 0. The SMILES string of the molecule is [C-]#[N+]c1ccc2c(c1)c1cccc(-c3ccccc3-n3c4ccccc4c4ccccc43)c1n2-c1ccc(C#N)cc1. The number of hydrogen-bond donors (Lipinski definition) is 0. The summed E-state index contributed by atoms with van der Waals surface area (Å²) >= 11 is 0. The van der Waals surface area contributed by atoms with Crippen molar-refractivity contribution in [1.82, 2.24) is 9.13 Å². The molecule has 0 unspecified atom stereocenters. The Morgan fingerprint density at radius 3 is 1.88 bits per heavy atom. The van der Waals surface area contributed by atoms with Crippen LogP contribution in [0, 0.1) is 17.9 Å². The fourth-order valence-corrected chi connectivity index (χ4v) is 6.38. The van der Waals surface area contributed by atoms with Crippen molar-refractivity contribution in [1.29, 1.82) is 5.26 Å². The zero-order valence-electron chi connectivity index (χ0n) is 22.5. The van der Waals surface area contributed by atoms with E-state index in [1.807, 2.05) is 42.5 Å². The molecule has 42 heavy (non-hydrogen) atoms. The molecule has 0 aliphatic heterocycles. The molecule has 8 rings (SSSR count). The highest BCUT2D eigenvalue weighted by molar-refractivity contribution is 6.15. The molecule has 0 saturated carbocycles. The molecular formula is C38H22N4. The summed E-state index contributed by atoms with van der Waals surface area (Å²) in [4.78, 5) is 3.72. The zero-order chi connectivity index (χ0) is 28.2. The van der Waals surface area contributed by atoms with Crippen LogP contribution in [0.15, 0.2) is 133 Å². The van der Waals surface area contributed by atoms with Gasteiger partial charge in [-0.15, -0.1) is 0 Å². The van der Waals surface area contributed by atoms with Crippen molar-refractivity contribution in [3.63, 3.8) is 0 Å². The number of benzene rings is 6. The molecule has 0 N–H and O–H groups in total. The fourth-order valence-electron chi connectivity index (χ4n) is 6.38. The molecule has 194 valence electrons. The maximum absolute atomic E-state index is 9.44. The van der Waals surface area contributed by atoms with E-state index in [4.69, 9.17) is 6.57 Å². The van der Waals surface area contributed by atoms with Gasteiger partial charge in [-0.3, -0.25) is 0 Å². The van der Waals surface area contributed by atoms with Crippen LogP contribution >= 0.6 is 0 Å². The molecule has 4 nitrogen and oxygen atoms in total. The molecule has 8 aromatic rings. The molecular weight excluding hydrogens is 512 g/mol. The lowest BCUT2D eigenvalue weighted by atomic mass is 9.99. The minimum atomic E-state index is 0.609. The standard InChI is InChI=1S/C38H22N4/c1-40-26-19-22-37-33(23-26)32-13-8-12-31(38(32)41(37)27-20-17-25(24-39)18-21-27)30-11-4-7-16-36(30)42-34-14-5-2-9-28(34)29-10-3-6-15-35(29)42/h2-23H. The van der Waals surface area contributed by atoms with Gasteiger partial charge < -0.3 is 9.13 Å². The number of aromatic nitrogens is 2. The van der Waals surface area contributed by atoms with Crippen molar-refractivity contribution in [2.75, 3.05) is 0 Å². The second-order valence-corrected chi connectivity index (χ2v) is 10.4. The molecule has 0 aliphatic rings. The first-order valence-corrected chi connectivity index (χ1v) is 13.8. The Bertz CT molecular complexity index is 2370. The lowest BCUT2D eigenvalue weighted by molar-refractivity contribution is 1.17.